The lowest BCUT2D eigenvalue weighted by Crippen LogP contribution is -1.90. The highest BCUT2D eigenvalue weighted by atomic mass is 35.5. The van der Waals surface area contributed by atoms with Crippen molar-refractivity contribution < 1.29 is 4.39 Å². The Labute approximate surface area is 91.3 Å². The minimum Gasteiger partial charge on any atom is -0.339 e. The zero-order valence-corrected chi connectivity index (χ0v) is 8.55. The molecule has 0 saturated heterocycles. The predicted octanol–water partition coefficient (Wildman–Crippen LogP) is 3.03. The summed E-state index contributed by atoms with van der Waals surface area (Å²) in [4.78, 5) is 0. The molecule has 1 aromatic carbocycles. The molecule has 0 aliphatic carbocycles. The van der Waals surface area contributed by atoms with E-state index in [-0.39, 0.29) is 5.82 Å². The number of halogens is 2. The Hall–Kier alpha value is -1.55. The fourth-order valence-corrected chi connectivity index (χ4v) is 1.31. The fraction of sp³-hybridized carbons (Fsp3) is 0.100. The lowest BCUT2D eigenvalue weighted by Gasteiger charge is -2.00. The number of aromatic amines is 1. The quantitative estimate of drug-likeness (QED) is 0.789. The Morgan fingerprint density at radius 1 is 1.33 bits per heavy atom. The topological polar surface area (TPSA) is 40.7 Å². The summed E-state index contributed by atoms with van der Waals surface area (Å²) in [6, 6.07) is 7.86. The summed E-state index contributed by atoms with van der Waals surface area (Å²) in [5, 5.41) is 9.78. The molecule has 2 aromatic rings. The van der Waals surface area contributed by atoms with Crippen LogP contribution in [0, 0.1) is 5.82 Å². The van der Waals surface area contributed by atoms with Gasteiger partial charge < -0.3 is 5.32 Å². The number of alkyl halides is 1. The van der Waals surface area contributed by atoms with E-state index in [1.54, 1.807) is 18.2 Å². The van der Waals surface area contributed by atoms with Crippen molar-refractivity contribution in [3.8, 4) is 0 Å². The molecule has 0 bridgehead atoms. The summed E-state index contributed by atoms with van der Waals surface area (Å²) in [5.41, 5.74) is 1.62. The molecule has 5 heteroatoms. The zero-order valence-electron chi connectivity index (χ0n) is 7.80. The van der Waals surface area contributed by atoms with E-state index in [0.29, 0.717) is 11.7 Å². The highest BCUT2D eigenvalue weighted by Gasteiger charge is 2.00. The maximum absolute atomic E-state index is 12.6. The van der Waals surface area contributed by atoms with E-state index in [0.717, 1.165) is 11.4 Å². The molecule has 0 atom stereocenters. The molecule has 2 N–H and O–H groups in total. The first-order chi connectivity index (χ1) is 7.28. The summed E-state index contributed by atoms with van der Waals surface area (Å²) in [7, 11) is 0. The number of rotatable bonds is 3. The molecule has 0 amide bonds. The van der Waals surface area contributed by atoms with E-state index < -0.39 is 0 Å². The van der Waals surface area contributed by atoms with Gasteiger partial charge in [0, 0.05) is 11.8 Å². The summed E-state index contributed by atoms with van der Waals surface area (Å²) in [6.07, 6.45) is 0. The van der Waals surface area contributed by atoms with Gasteiger partial charge in [0.05, 0.1) is 11.6 Å². The van der Waals surface area contributed by atoms with Crippen molar-refractivity contribution in [2.45, 2.75) is 5.88 Å². The number of hydrogen-bond acceptors (Lipinski definition) is 2. The van der Waals surface area contributed by atoms with Crippen molar-refractivity contribution in [2.24, 2.45) is 0 Å². The predicted molar refractivity (Wildman–Crippen MR) is 57.8 cm³/mol. The SMILES string of the molecule is Fc1ccc(Nc2cc(CCl)[nH]n2)cc1. The monoisotopic (exact) mass is 225 g/mol. The third kappa shape index (κ3) is 2.47. The van der Waals surface area contributed by atoms with E-state index >= 15 is 0 Å². The van der Waals surface area contributed by atoms with Gasteiger partial charge in [-0.05, 0) is 24.3 Å². The lowest BCUT2D eigenvalue weighted by molar-refractivity contribution is 0.628. The van der Waals surface area contributed by atoms with Crippen LogP contribution in [0.4, 0.5) is 15.9 Å². The number of anilines is 2. The number of nitrogens with one attached hydrogen (secondary N) is 2. The molecule has 15 heavy (non-hydrogen) atoms. The summed E-state index contributed by atoms with van der Waals surface area (Å²) >= 11 is 5.62. The van der Waals surface area contributed by atoms with Gasteiger partial charge in [0.1, 0.15) is 5.82 Å². The normalized spacial score (nSPS) is 10.3. The molecular weight excluding hydrogens is 217 g/mol. The van der Waals surface area contributed by atoms with Crippen molar-refractivity contribution in [3.05, 3.63) is 41.8 Å². The van der Waals surface area contributed by atoms with Crippen molar-refractivity contribution in [2.75, 3.05) is 5.32 Å². The maximum Gasteiger partial charge on any atom is 0.152 e. The highest BCUT2D eigenvalue weighted by Crippen LogP contribution is 2.15. The van der Waals surface area contributed by atoms with Crippen LogP contribution in [0.2, 0.25) is 0 Å². The third-order valence-corrected chi connectivity index (χ3v) is 2.18. The molecule has 78 valence electrons. The number of benzene rings is 1. The van der Waals surface area contributed by atoms with Gasteiger partial charge in [-0.25, -0.2) is 4.39 Å². The number of hydrogen-bond donors (Lipinski definition) is 2. The van der Waals surface area contributed by atoms with Gasteiger partial charge in [0.25, 0.3) is 0 Å². The summed E-state index contributed by atoms with van der Waals surface area (Å²) < 4.78 is 12.6. The number of nitrogens with zero attached hydrogens (tertiary/aromatic N) is 1. The van der Waals surface area contributed by atoms with Gasteiger partial charge in [-0.15, -0.1) is 11.6 Å². The Kier molecular flexibility index (Phi) is 2.87. The number of aromatic nitrogens is 2. The first kappa shape index (κ1) is 9.98. The second kappa shape index (κ2) is 4.31. The van der Waals surface area contributed by atoms with Crippen LogP contribution in [0.15, 0.2) is 30.3 Å². The van der Waals surface area contributed by atoms with E-state index in [1.165, 1.54) is 12.1 Å². The standard InChI is InChI=1S/C10H9ClFN3/c11-6-9-5-10(15-14-9)13-8-3-1-7(12)2-4-8/h1-5H,6H2,(H2,13,14,15). The fourth-order valence-electron chi connectivity index (χ4n) is 1.18. The van der Waals surface area contributed by atoms with Crippen molar-refractivity contribution in [3.63, 3.8) is 0 Å². The van der Waals surface area contributed by atoms with Gasteiger partial charge in [-0.3, -0.25) is 5.10 Å². The van der Waals surface area contributed by atoms with E-state index in [9.17, 15) is 4.39 Å². The van der Waals surface area contributed by atoms with E-state index in [2.05, 4.69) is 15.5 Å². The average molecular weight is 226 g/mol. The molecule has 0 aliphatic heterocycles. The Bertz CT molecular complexity index is 438. The van der Waals surface area contributed by atoms with E-state index in [4.69, 9.17) is 11.6 Å². The second-order valence-corrected chi connectivity index (χ2v) is 3.31. The first-order valence-corrected chi connectivity index (χ1v) is 4.94. The van der Waals surface area contributed by atoms with Crippen LogP contribution in [-0.4, -0.2) is 10.2 Å². The summed E-state index contributed by atoms with van der Waals surface area (Å²) in [5.74, 6) is 0.791. The molecule has 0 fully saturated rings. The molecule has 0 aliphatic rings. The average Bonchev–Trinajstić information content (AvgIpc) is 2.69. The Balaban J connectivity index is 2.11. The van der Waals surface area contributed by atoms with E-state index in [1.807, 2.05) is 0 Å². The van der Waals surface area contributed by atoms with Crippen LogP contribution in [-0.2, 0) is 5.88 Å². The lowest BCUT2D eigenvalue weighted by atomic mass is 10.3. The van der Waals surface area contributed by atoms with Gasteiger partial charge in [0.15, 0.2) is 5.82 Å². The smallest absolute Gasteiger partial charge is 0.152 e. The van der Waals surface area contributed by atoms with Crippen LogP contribution in [0.3, 0.4) is 0 Å². The molecule has 1 aromatic heterocycles. The highest BCUT2D eigenvalue weighted by molar-refractivity contribution is 6.16. The van der Waals surface area contributed by atoms with Crippen molar-refractivity contribution in [1.82, 2.24) is 10.2 Å². The van der Waals surface area contributed by atoms with Gasteiger partial charge in [0.2, 0.25) is 0 Å². The van der Waals surface area contributed by atoms with Gasteiger partial charge >= 0.3 is 0 Å². The van der Waals surface area contributed by atoms with Crippen molar-refractivity contribution in [1.29, 1.82) is 0 Å². The van der Waals surface area contributed by atoms with Crippen LogP contribution in [0.5, 0.6) is 0 Å². The molecule has 0 spiro atoms. The second-order valence-electron chi connectivity index (χ2n) is 3.04. The molecule has 3 nitrogen and oxygen atoms in total. The van der Waals surface area contributed by atoms with Crippen molar-refractivity contribution >= 4 is 23.1 Å². The molecular formula is C10H9ClFN3. The largest absolute Gasteiger partial charge is 0.339 e. The summed E-state index contributed by atoms with van der Waals surface area (Å²) in [6.45, 7) is 0. The maximum atomic E-state index is 12.6. The molecule has 0 radical (unpaired) electrons. The minimum absolute atomic E-state index is 0.260. The third-order valence-electron chi connectivity index (χ3n) is 1.89. The minimum atomic E-state index is -0.260. The molecule has 2 rings (SSSR count). The van der Waals surface area contributed by atoms with Crippen LogP contribution >= 0.6 is 11.6 Å². The van der Waals surface area contributed by atoms with Crippen LogP contribution in [0.1, 0.15) is 5.69 Å². The molecule has 0 unspecified atom stereocenters. The Morgan fingerprint density at radius 3 is 2.67 bits per heavy atom. The van der Waals surface area contributed by atoms with Crippen LogP contribution in [0.25, 0.3) is 0 Å². The Morgan fingerprint density at radius 2 is 2.07 bits per heavy atom. The molecule has 1 heterocycles. The number of H-pyrrole nitrogens is 1. The van der Waals surface area contributed by atoms with Gasteiger partial charge in [-0.1, -0.05) is 0 Å². The first-order valence-electron chi connectivity index (χ1n) is 4.41. The molecule has 0 saturated carbocycles. The zero-order chi connectivity index (χ0) is 10.7. The van der Waals surface area contributed by atoms with Crippen LogP contribution < -0.4 is 5.32 Å². The van der Waals surface area contributed by atoms with Gasteiger partial charge in [-0.2, -0.15) is 5.10 Å².